The van der Waals surface area contributed by atoms with Gasteiger partial charge in [0.1, 0.15) is 0 Å². The summed E-state index contributed by atoms with van der Waals surface area (Å²) in [6, 6.07) is 4.94. The molecule has 0 aromatic heterocycles. The summed E-state index contributed by atoms with van der Waals surface area (Å²) >= 11 is 0. The molecule has 0 bridgehead atoms. The SMILES string of the molecule is C[C@H](O)/C=C/c1cccc(C(F)(F)F)c1. The Bertz CT molecular complexity index is 353. The van der Waals surface area contributed by atoms with Gasteiger partial charge in [-0.05, 0) is 24.6 Å². The monoisotopic (exact) mass is 216 g/mol. The average Bonchev–Trinajstić information content (AvgIpc) is 2.14. The van der Waals surface area contributed by atoms with E-state index in [1.165, 1.54) is 25.1 Å². The molecule has 0 saturated heterocycles. The summed E-state index contributed by atoms with van der Waals surface area (Å²) in [6.45, 7) is 1.53. The zero-order valence-electron chi connectivity index (χ0n) is 8.12. The van der Waals surface area contributed by atoms with Crippen LogP contribution in [0.1, 0.15) is 18.1 Å². The number of benzene rings is 1. The molecule has 0 unspecified atom stereocenters. The molecule has 1 aromatic carbocycles. The van der Waals surface area contributed by atoms with Crippen LogP contribution in [0.5, 0.6) is 0 Å². The van der Waals surface area contributed by atoms with E-state index in [9.17, 15) is 13.2 Å². The molecule has 1 atom stereocenters. The molecule has 0 amide bonds. The number of alkyl halides is 3. The fraction of sp³-hybridized carbons (Fsp3) is 0.273. The summed E-state index contributed by atoms with van der Waals surface area (Å²) in [6.07, 6.45) is -2.11. The lowest BCUT2D eigenvalue weighted by Gasteiger charge is -2.06. The molecule has 0 aliphatic carbocycles. The number of aliphatic hydroxyl groups is 1. The van der Waals surface area contributed by atoms with E-state index in [0.29, 0.717) is 5.56 Å². The van der Waals surface area contributed by atoms with E-state index in [2.05, 4.69) is 0 Å². The number of rotatable bonds is 2. The standard InChI is InChI=1S/C11H11F3O/c1-8(15)5-6-9-3-2-4-10(7-9)11(12,13)14/h2-8,15H,1H3/b6-5+/t8-/m0/s1. The first-order valence-corrected chi connectivity index (χ1v) is 4.43. The van der Waals surface area contributed by atoms with Crippen molar-refractivity contribution in [2.24, 2.45) is 0 Å². The van der Waals surface area contributed by atoms with Crippen molar-refractivity contribution in [3.63, 3.8) is 0 Å². The lowest BCUT2D eigenvalue weighted by atomic mass is 10.1. The van der Waals surface area contributed by atoms with Crippen molar-refractivity contribution in [2.75, 3.05) is 0 Å². The van der Waals surface area contributed by atoms with Crippen LogP contribution in [-0.4, -0.2) is 11.2 Å². The molecule has 0 heterocycles. The van der Waals surface area contributed by atoms with Crippen molar-refractivity contribution in [1.82, 2.24) is 0 Å². The Balaban J connectivity index is 2.93. The molecule has 1 N–H and O–H groups in total. The van der Waals surface area contributed by atoms with E-state index in [0.717, 1.165) is 12.1 Å². The molecule has 0 aliphatic rings. The van der Waals surface area contributed by atoms with Crippen LogP contribution in [0.4, 0.5) is 13.2 Å². The molecule has 0 radical (unpaired) electrons. The van der Waals surface area contributed by atoms with E-state index < -0.39 is 17.8 Å². The first-order valence-electron chi connectivity index (χ1n) is 4.43. The van der Waals surface area contributed by atoms with Gasteiger partial charge in [-0.2, -0.15) is 13.2 Å². The molecule has 82 valence electrons. The van der Waals surface area contributed by atoms with Crippen LogP contribution in [0.3, 0.4) is 0 Å². The second kappa shape index (κ2) is 4.49. The highest BCUT2D eigenvalue weighted by Crippen LogP contribution is 2.29. The van der Waals surface area contributed by atoms with Crippen molar-refractivity contribution in [3.05, 3.63) is 41.5 Å². The minimum absolute atomic E-state index is 0.422. The smallest absolute Gasteiger partial charge is 0.389 e. The quantitative estimate of drug-likeness (QED) is 0.805. The number of hydrogen-bond acceptors (Lipinski definition) is 1. The minimum Gasteiger partial charge on any atom is -0.389 e. The van der Waals surface area contributed by atoms with Crippen LogP contribution < -0.4 is 0 Å². The molecule has 0 spiro atoms. The van der Waals surface area contributed by atoms with Gasteiger partial charge in [0, 0.05) is 0 Å². The predicted octanol–water partition coefficient (Wildman–Crippen LogP) is 3.10. The van der Waals surface area contributed by atoms with Crippen LogP contribution >= 0.6 is 0 Å². The molecule has 15 heavy (non-hydrogen) atoms. The summed E-state index contributed by atoms with van der Waals surface area (Å²) in [7, 11) is 0. The normalized spacial score (nSPS) is 14.5. The Hall–Kier alpha value is -1.29. The van der Waals surface area contributed by atoms with Crippen molar-refractivity contribution >= 4 is 6.08 Å². The zero-order valence-corrected chi connectivity index (χ0v) is 8.12. The van der Waals surface area contributed by atoms with Gasteiger partial charge in [0.05, 0.1) is 11.7 Å². The summed E-state index contributed by atoms with van der Waals surface area (Å²) < 4.78 is 36.9. The third-order valence-electron chi connectivity index (χ3n) is 1.78. The topological polar surface area (TPSA) is 20.2 Å². The van der Waals surface area contributed by atoms with E-state index >= 15 is 0 Å². The summed E-state index contributed by atoms with van der Waals surface area (Å²) in [5, 5.41) is 8.93. The van der Waals surface area contributed by atoms with Gasteiger partial charge in [0.2, 0.25) is 0 Å². The molecule has 4 heteroatoms. The van der Waals surface area contributed by atoms with Gasteiger partial charge < -0.3 is 5.11 Å². The van der Waals surface area contributed by atoms with Gasteiger partial charge in [0.15, 0.2) is 0 Å². The minimum atomic E-state index is -4.32. The molecule has 0 aliphatic heterocycles. The van der Waals surface area contributed by atoms with Crippen molar-refractivity contribution in [1.29, 1.82) is 0 Å². The third kappa shape index (κ3) is 3.75. The maximum Gasteiger partial charge on any atom is 0.416 e. The fourth-order valence-corrected chi connectivity index (χ4v) is 1.07. The highest BCUT2D eigenvalue weighted by Gasteiger charge is 2.30. The molecule has 0 saturated carbocycles. The maximum absolute atomic E-state index is 12.3. The summed E-state index contributed by atoms with van der Waals surface area (Å²) in [4.78, 5) is 0. The lowest BCUT2D eigenvalue weighted by Crippen LogP contribution is -2.04. The van der Waals surface area contributed by atoms with E-state index in [-0.39, 0.29) is 0 Å². The summed E-state index contributed by atoms with van der Waals surface area (Å²) in [5.74, 6) is 0. The first kappa shape index (κ1) is 11.8. The molecular formula is C11H11F3O. The first-order chi connectivity index (χ1) is 6.89. The van der Waals surface area contributed by atoms with Gasteiger partial charge in [-0.1, -0.05) is 24.3 Å². The van der Waals surface area contributed by atoms with Crippen LogP contribution in [-0.2, 0) is 6.18 Å². The van der Waals surface area contributed by atoms with Crippen molar-refractivity contribution < 1.29 is 18.3 Å². The van der Waals surface area contributed by atoms with Gasteiger partial charge in [-0.3, -0.25) is 0 Å². The lowest BCUT2D eigenvalue weighted by molar-refractivity contribution is -0.137. The Labute approximate surface area is 85.9 Å². The van der Waals surface area contributed by atoms with Gasteiger partial charge in [-0.15, -0.1) is 0 Å². The molecule has 1 nitrogen and oxygen atoms in total. The Kier molecular flexibility index (Phi) is 3.52. The fourth-order valence-electron chi connectivity index (χ4n) is 1.07. The number of hydrogen-bond donors (Lipinski definition) is 1. The van der Waals surface area contributed by atoms with Crippen molar-refractivity contribution in [2.45, 2.75) is 19.2 Å². The zero-order chi connectivity index (χ0) is 11.5. The second-order valence-corrected chi connectivity index (χ2v) is 3.22. The van der Waals surface area contributed by atoms with Gasteiger partial charge in [0.25, 0.3) is 0 Å². The highest BCUT2D eigenvalue weighted by molar-refractivity contribution is 5.51. The molecule has 1 rings (SSSR count). The second-order valence-electron chi connectivity index (χ2n) is 3.22. The Morgan fingerprint density at radius 1 is 1.33 bits per heavy atom. The van der Waals surface area contributed by atoms with Crippen LogP contribution in [0.25, 0.3) is 6.08 Å². The highest BCUT2D eigenvalue weighted by atomic mass is 19.4. The molecule has 1 aromatic rings. The third-order valence-corrected chi connectivity index (χ3v) is 1.78. The average molecular weight is 216 g/mol. The van der Waals surface area contributed by atoms with Crippen LogP contribution in [0, 0.1) is 0 Å². The Morgan fingerprint density at radius 2 is 2.00 bits per heavy atom. The molecule has 0 fully saturated rings. The largest absolute Gasteiger partial charge is 0.416 e. The van der Waals surface area contributed by atoms with E-state index in [1.54, 1.807) is 6.07 Å². The number of aliphatic hydroxyl groups excluding tert-OH is 1. The van der Waals surface area contributed by atoms with Crippen molar-refractivity contribution in [3.8, 4) is 0 Å². The molecular weight excluding hydrogens is 205 g/mol. The number of halogens is 3. The van der Waals surface area contributed by atoms with E-state index in [4.69, 9.17) is 5.11 Å². The van der Waals surface area contributed by atoms with Gasteiger partial charge >= 0.3 is 6.18 Å². The summed E-state index contributed by atoms with van der Waals surface area (Å²) in [5.41, 5.74) is -0.263. The van der Waals surface area contributed by atoms with Gasteiger partial charge in [-0.25, -0.2) is 0 Å². The Morgan fingerprint density at radius 3 is 2.53 bits per heavy atom. The van der Waals surface area contributed by atoms with E-state index in [1.807, 2.05) is 0 Å². The van der Waals surface area contributed by atoms with Crippen LogP contribution in [0.2, 0.25) is 0 Å². The predicted molar refractivity (Wildman–Crippen MR) is 52.2 cm³/mol. The maximum atomic E-state index is 12.3. The van der Waals surface area contributed by atoms with Crippen LogP contribution in [0.15, 0.2) is 30.3 Å².